The first-order chi connectivity index (χ1) is 13.0. The van der Waals surface area contributed by atoms with Crippen LogP contribution in [0.25, 0.3) is 0 Å². The number of benzene rings is 2. The highest BCUT2D eigenvalue weighted by molar-refractivity contribution is 5.81. The topological polar surface area (TPSA) is 48.4 Å². The van der Waals surface area contributed by atoms with E-state index in [0.29, 0.717) is 0 Å². The summed E-state index contributed by atoms with van der Waals surface area (Å²) in [7, 11) is 10.4. The molecule has 1 aliphatic rings. The monoisotopic (exact) mass is 360 g/mol. The van der Waals surface area contributed by atoms with Crippen LogP contribution in [0.2, 0.25) is 0 Å². The first-order valence-corrected chi connectivity index (χ1v) is 8.95. The Bertz CT molecular complexity index is 908. The molecule has 0 aliphatic carbocycles. The summed E-state index contributed by atoms with van der Waals surface area (Å²) < 4.78 is 0. The van der Waals surface area contributed by atoms with E-state index in [1.807, 2.05) is 0 Å². The lowest BCUT2D eigenvalue weighted by molar-refractivity contribution is 0.813. The largest absolute Gasteiger partial charge is 0.378 e. The second kappa shape index (κ2) is 6.54. The molecule has 0 saturated heterocycles. The van der Waals surface area contributed by atoms with Gasteiger partial charge in [0.2, 0.25) is 0 Å². The average Bonchev–Trinajstić information content (AvgIpc) is 2.68. The fraction of sp³-hybridized carbons (Fsp3) is 0.286. The van der Waals surface area contributed by atoms with Crippen LogP contribution < -0.4 is 14.7 Å². The van der Waals surface area contributed by atoms with E-state index in [0.717, 1.165) is 5.82 Å². The summed E-state index contributed by atoms with van der Waals surface area (Å²) in [5.41, 5.74) is 7.10. The standard InChI is InChI=1S/C21H24N6/c1-25(2)14-6-8-16-18(10-14)27(5)19-11-15(26(3)4)7-9-17(19)20(16)21-23-12-22-13-24-21/h6-13,20H,1-5H3. The van der Waals surface area contributed by atoms with Gasteiger partial charge in [-0.2, -0.15) is 0 Å². The van der Waals surface area contributed by atoms with Crippen molar-refractivity contribution in [2.45, 2.75) is 5.92 Å². The zero-order valence-electron chi connectivity index (χ0n) is 16.4. The molecule has 1 aliphatic heterocycles. The van der Waals surface area contributed by atoms with Gasteiger partial charge < -0.3 is 14.7 Å². The maximum Gasteiger partial charge on any atom is 0.143 e. The van der Waals surface area contributed by atoms with Crippen LogP contribution in [-0.4, -0.2) is 50.2 Å². The van der Waals surface area contributed by atoms with Gasteiger partial charge in [-0.25, -0.2) is 15.0 Å². The van der Waals surface area contributed by atoms with Crippen LogP contribution in [0.5, 0.6) is 0 Å². The molecule has 6 heteroatoms. The molecule has 0 saturated carbocycles. The van der Waals surface area contributed by atoms with Crippen LogP contribution in [-0.2, 0) is 0 Å². The van der Waals surface area contributed by atoms with Crippen molar-refractivity contribution in [3.05, 3.63) is 66.0 Å². The maximum atomic E-state index is 4.48. The summed E-state index contributed by atoms with van der Waals surface area (Å²) in [5, 5.41) is 0. The van der Waals surface area contributed by atoms with E-state index in [1.54, 1.807) is 12.7 Å². The third-order valence-electron chi connectivity index (χ3n) is 5.18. The Hall–Kier alpha value is -3.15. The van der Waals surface area contributed by atoms with Crippen molar-refractivity contribution in [1.82, 2.24) is 15.0 Å². The molecule has 4 rings (SSSR count). The summed E-state index contributed by atoms with van der Waals surface area (Å²) >= 11 is 0. The number of aromatic nitrogens is 3. The predicted octanol–water partition coefficient (Wildman–Crippen LogP) is 3.27. The Kier molecular flexibility index (Phi) is 4.18. The lowest BCUT2D eigenvalue weighted by Gasteiger charge is -2.36. The number of fused-ring (bicyclic) bond motifs is 2. The molecule has 0 radical (unpaired) electrons. The summed E-state index contributed by atoms with van der Waals surface area (Å²) in [6.45, 7) is 0. The zero-order valence-corrected chi connectivity index (χ0v) is 16.4. The Morgan fingerprint density at radius 1 is 0.778 bits per heavy atom. The molecular weight excluding hydrogens is 336 g/mol. The van der Waals surface area contributed by atoms with E-state index in [4.69, 9.17) is 0 Å². The lowest BCUT2D eigenvalue weighted by Crippen LogP contribution is -2.24. The fourth-order valence-electron chi connectivity index (χ4n) is 3.66. The second-order valence-electron chi connectivity index (χ2n) is 7.26. The van der Waals surface area contributed by atoms with Gasteiger partial charge in [0.1, 0.15) is 18.5 Å². The van der Waals surface area contributed by atoms with Gasteiger partial charge in [-0.05, 0) is 35.4 Å². The molecule has 0 fully saturated rings. The highest BCUT2D eigenvalue weighted by atomic mass is 15.1. The first kappa shape index (κ1) is 17.3. The number of hydrogen-bond donors (Lipinski definition) is 0. The average molecular weight is 360 g/mol. The third-order valence-corrected chi connectivity index (χ3v) is 5.18. The van der Waals surface area contributed by atoms with E-state index < -0.39 is 0 Å². The maximum absolute atomic E-state index is 4.48. The van der Waals surface area contributed by atoms with Crippen LogP contribution >= 0.6 is 0 Å². The van der Waals surface area contributed by atoms with Crippen molar-refractivity contribution in [2.75, 3.05) is 49.9 Å². The Morgan fingerprint density at radius 3 is 1.70 bits per heavy atom. The number of anilines is 4. The first-order valence-electron chi connectivity index (χ1n) is 8.95. The van der Waals surface area contributed by atoms with Crippen molar-refractivity contribution in [1.29, 1.82) is 0 Å². The SMILES string of the molecule is CN(C)c1ccc2c(c1)N(C)c1cc(N(C)C)ccc1C2c1ncncn1. The highest BCUT2D eigenvalue weighted by Crippen LogP contribution is 2.48. The van der Waals surface area contributed by atoms with Crippen LogP contribution in [0.15, 0.2) is 49.1 Å². The molecule has 3 aromatic rings. The fourth-order valence-corrected chi connectivity index (χ4v) is 3.66. The van der Waals surface area contributed by atoms with Crippen molar-refractivity contribution < 1.29 is 0 Å². The molecular formula is C21H24N6. The molecule has 2 aromatic carbocycles. The van der Waals surface area contributed by atoms with E-state index >= 15 is 0 Å². The second-order valence-corrected chi connectivity index (χ2v) is 7.26. The molecule has 0 spiro atoms. The minimum absolute atomic E-state index is 0.0124. The van der Waals surface area contributed by atoms with Gasteiger partial charge in [0.05, 0.1) is 5.92 Å². The predicted molar refractivity (Wildman–Crippen MR) is 110 cm³/mol. The molecule has 0 unspecified atom stereocenters. The molecule has 138 valence electrons. The molecule has 0 N–H and O–H groups in total. The number of nitrogens with zero attached hydrogens (tertiary/aromatic N) is 6. The minimum atomic E-state index is -0.0124. The van der Waals surface area contributed by atoms with Crippen molar-refractivity contribution >= 4 is 22.7 Å². The van der Waals surface area contributed by atoms with Crippen molar-refractivity contribution in [3.8, 4) is 0 Å². The van der Waals surface area contributed by atoms with Gasteiger partial charge >= 0.3 is 0 Å². The molecule has 0 atom stereocenters. The lowest BCUT2D eigenvalue weighted by atomic mass is 9.84. The van der Waals surface area contributed by atoms with E-state index in [-0.39, 0.29) is 5.92 Å². The summed E-state index contributed by atoms with van der Waals surface area (Å²) in [6.07, 6.45) is 3.14. The van der Waals surface area contributed by atoms with Gasteiger partial charge in [-0.15, -0.1) is 0 Å². The van der Waals surface area contributed by atoms with Crippen LogP contribution in [0.4, 0.5) is 22.7 Å². The molecule has 1 aromatic heterocycles. The van der Waals surface area contributed by atoms with Crippen molar-refractivity contribution in [2.24, 2.45) is 0 Å². The Balaban J connectivity index is 1.96. The van der Waals surface area contributed by atoms with E-state index in [9.17, 15) is 0 Å². The van der Waals surface area contributed by atoms with Gasteiger partial charge in [-0.3, -0.25) is 0 Å². The molecule has 2 heterocycles. The minimum Gasteiger partial charge on any atom is -0.378 e. The van der Waals surface area contributed by atoms with Crippen LogP contribution in [0, 0.1) is 0 Å². The Labute approximate surface area is 160 Å². The third kappa shape index (κ3) is 2.87. The summed E-state index contributed by atoms with van der Waals surface area (Å²) in [4.78, 5) is 19.5. The van der Waals surface area contributed by atoms with Gasteiger partial charge in [0.25, 0.3) is 0 Å². The smallest absolute Gasteiger partial charge is 0.143 e. The summed E-state index contributed by atoms with van der Waals surface area (Å²) in [6, 6.07) is 13.2. The number of hydrogen-bond acceptors (Lipinski definition) is 6. The molecule has 6 nitrogen and oxygen atoms in total. The Morgan fingerprint density at radius 2 is 1.26 bits per heavy atom. The van der Waals surface area contributed by atoms with E-state index in [2.05, 4.69) is 101 Å². The van der Waals surface area contributed by atoms with Crippen molar-refractivity contribution in [3.63, 3.8) is 0 Å². The normalized spacial score (nSPS) is 13.1. The molecule has 27 heavy (non-hydrogen) atoms. The van der Waals surface area contributed by atoms with E-state index in [1.165, 1.54) is 33.9 Å². The van der Waals surface area contributed by atoms with Gasteiger partial charge in [-0.1, -0.05) is 12.1 Å². The van der Waals surface area contributed by atoms with Gasteiger partial charge in [0, 0.05) is 58.0 Å². The molecule has 0 amide bonds. The zero-order chi connectivity index (χ0) is 19.1. The molecule has 0 bridgehead atoms. The highest BCUT2D eigenvalue weighted by Gasteiger charge is 2.32. The quantitative estimate of drug-likeness (QED) is 0.714. The van der Waals surface area contributed by atoms with Gasteiger partial charge in [0.15, 0.2) is 0 Å². The van der Waals surface area contributed by atoms with Crippen LogP contribution in [0.1, 0.15) is 22.9 Å². The van der Waals surface area contributed by atoms with Crippen LogP contribution in [0.3, 0.4) is 0 Å². The summed E-state index contributed by atoms with van der Waals surface area (Å²) in [5.74, 6) is 0.762. The number of rotatable bonds is 3.